The van der Waals surface area contributed by atoms with Crippen LogP contribution in [0.25, 0.3) is 10.3 Å². The smallest absolute Gasteiger partial charge is 0.253 e. The van der Waals surface area contributed by atoms with Crippen molar-refractivity contribution in [2.45, 2.75) is 51.2 Å². The molecule has 1 saturated carbocycles. The monoisotopic (exact) mass is 348 g/mol. The van der Waals surface area contributed by atoms with E-state index in [1.54, 1.807) is 6.20 Å². The average molecular weight is 348 g/mol. The van der Waals surface area contributed by atoms with Crippen LogP contribution in [0.5, 0.6) is 0 Å². The summed E-state index contributed by atoms with van der Waals surface area (Å²) in [5.41, 5.74) is 0.589. The van der Waals surface area contributed by atoms with Crippen LogP contribution < -0.4 is 10.6 Å². The molecule has 6 nitrogen and oxygen atoms in total. The Hall–Kier alpha value is -1.73. The molecule has 0 radical (unpaired) electrons. The van der Waals surface area contributed by atoms with Gasteiger partial charge in [0.25, 0.3) is 5.91 Å². The van der Waals surface area contributed by atoms with Gasteiger partial charge >= 0.3 is 0 Å². The van der Waals surface area contributed by atoms with Crippen LogP contribution in [0.4, 0.5) is 5.13 Å². The Bertz CT molecular complexity index is 730. The summed E-state index contributed by atoms with van der Waals surface area (Å²) in [5.74, 6) is 0.219. The molecule has 1 amide bonds. The van der Waals surface area contributed by atoms with Gasteiger partial charge in [0.2, 0.25) is 0 Å². The first-order valence-electron chi connectivity index (χ1n) is 8.34. The predicted molar refractivity (Wildman–Crippen MR) is 96.5 cm³/mol. The SMILES string of the molecule is CNc1nc2ncc(C(=O)NC3CCC(C(C)(C)O)CC3)cc2s1. The van der Waals surface area contributed by atoms with Crippen LogP contribution in [0.2, 0.25) is 0 Å². The summed E-state index contributed by atoms with van der Waals surface area (Å²) in [7, 11) is 1.81. The molecule has 2 heterocycles. The van der Waals surface area contributed by atoms with Gasteiger partial charge < -0.3 is 15.7 Å². The lowest BCUT2D eigenvalue weighted by atomic mass is 9.77. The lowest BCUT2D eigenvalue weighted by Gasteiger charge is -2.36. The molecule has 1 aliphatic carbocycles. The second kappa shape index (κ2) is 6.64. The van der Waals surface area contributed by atoms with Gasteiger partial charge in [0.1, 0.15) is 0 Å². The van der Waals surface area contributed by atoms with Crippen LogP contribution in [-0.4, -0.2) is 39.7 Å². The molecule has 2 aromatic heterocycles. The Labute approximate surface area is 145 Å². The van der Waals surface area contributed by atoms with Gasteiger partial charge in [0, 0.05) is 19.3 Å². The number of hydrogen-bond donors (Lipinski definition) is 3. The Morgan fingerprint density at radius 2 is 2.04 bits per heavy atom. The molecule has 0 spiro atoms. The molecule has 0 atom stereocenters. The highest BCUT2D eigenvalue weighted by molar-refractivity contribution is 7.22. The van der Waals surface area contributed by atoms with Crippen molar-refractivity contribution >= 4 is 32.7 Å². The van der Waals surface area contributed by atoms with E-state index >= 15 is 0 Å². The number of aliphatic hydroxyl groups is 1. The number of amides is 1. The first-order chi connectivity index (χ1) is 11.4. The highest BCUT2D eigenvalue weighted by Gasteiger charge is 2.31. The molecule has 3 N–H and O–H groups in total. The number of rotatable bonds is 4. The van der Waals surface area contributed by atoms with E-state index in [0.29, 0.717) is 17.1 Å². The van der Waals surface area contributed by atoms with E-state index in [9.17, 15) is 9.90 Å². The summed E-state index contributed by atoms with van der Waals surface area (Å²) in [6.07, 6.45) is 5.26. The van der Waals surface area contributed by atoms with Crippen LogP contribution in [-0.2, 0) is 0 Å². The Morgan fingerprint density at radius 3 is 2.67 bits per heavy atom. The van der Waals surface area contributed by atoms with Crippen molar-refractivity contribution in [2.75, 3.05) is 12.4 Å². The normalized spacial score (nSPS) is 21.7. The maximum absolute atomic E-state index is 12.5. The summed E-state index contributed by atoms with van der Waals surface area (Å²) in [6.45, 7) is 3.73. The number of pyridine rings is 1. The van der Waals surface area contributed by atoms with E-state index in [1.165, 1.54) is 11.3 Å². The zero-order valence-electron chi connectivity index (χ0n) is 14.3. The number of fused-ring (bicyclic) bond motifs is 1. The minimum atomic E-state index is -0.638. The Morgan fingerprint density at radius 1 is 1.33 bits per heavy atom. The third kappa shape index (κ3) is 3.67. The zero-order chi connectivity index (χ0) is 17.3. The van der Waals surface area contributed by atoms with E-state index in [4.69, 9.17) is 0 Å². The zero-order valence-corrected chi connectivity index (χ0v) is 15.1. The molecule has 24 heavy (non-hydrogen) atoms. The van der Waals surface area contributed by atoms with Crippen molar-refractivity contribution in [1.29, 1.82) is 0 Å². The first kappa shape index (κ1) is 17.1. The first-order valence-corrected chi connectivity index (χ1v) is 9.16. The van der Waals surface area contributed by atoms with Crippen molar-refractivity contribution in [3.8, 4) is 0 Å². The van der Waals surface area contributed by atoms with E-state index < -0.39 is 5.60 Å². The predicted octanol–water partition coefficient (Wildman–Crippen LogP) is 2.79. The number of anilines is 1. The molecule has 2 aromatic rings. The standard InChI is InChI=1S/C17H24N4O2S/c1-17(2,23)11-4-6-12(7-5-11)20-15(22)10-8-13-14(19-9-10)21-16(18-3)24-13/h8-9,11-12,23H,4-7H2,1-3H3,(H,20,22)(H,18,19,21). The summed E-state index contributed by atoms with van der Waals surface area (Å²) >= 11 is 1.49. The Kier molecular flexibility index (Phi) is 4.73. The molecule has 0 aliphatic heterocycles. The fraction of sp³-hybridized carbons (Fsp3) is 0.588. The van der Waals surface area contributed by atoms with E-state index in [1.807, 2.05) is 27.0 Å². The molecule has 7 heteroatoms. The fourth-order valence-electron chi connectivity index (χ4n) is 3.26. The minimum Gasteiger partial charge on any atom is -0.390 e. The van der Waals surface area contributed by atoms with Gasteiger partial charge in [-0.15, -0.1) is 0 Å². The average Bonchev–Trinajstić information content (AvgIpc) is 2.96. The number of hydrogen-bond acceptors (Lipinski definition) is 6. The van der Waals surface area contributed by atoms with Gasteiger partial charge in [-0.2, -0.15) is 0 Å². The maximum Gasteiger partial charge on any atom is 0.253 e. The van der Waals surface area contributed by atoms with Gasteiger partial charge in [-0.3, -0.25) is 4.79 Å². The molecule has 1 aliphatic rings. The number of thiazole rings is 1. The van der Waals surface area contributed by atoms with Gasteiger partial charge in [0.05, 0.1) is 15.9 Å². The number of nitrogens with one attached hydrogen (secondary N) is 2. The summed E-state index contributed by atoms with van der Waals surface area (Å²) in [4.78, 5) is 21.1. The maximum atomic E-state index is 12.5. The fourth-order valence-corrected chi connectivity index (χ4v) is 4.08. The lowest BCUT2D eigenvalue weighted by Crippen LogP contribution is -2.41. The molecular weight excluding hydrogens is 324 g/mol. The topological polar surface area (TPSA) is 87.1 Å². The van der Waals surface area contributed by atoms with Gasteiger partial charge in [-0.25, -0.2) is 9.97 Å². The number of aromatic nitrogens is 2. The van der Waals surface area contributed by atoms with E-state index in [0.717, 1.165) is 35.5 Å². The van der Waals surface area contributed by atoms with Crippen molar-refractivity contribution in [3.05, 3.63) is 17.8 Å². The molecule has 1 fully saturated rings. The van der Waals surface area contributed by atoms with Crippen molar-refractivity contribution in [1.82, 2.24) is 15.3 Å². The third-order valence-electron chi connectivity index (χ3n) is 4.78. The number of nitrogens with zero attached hydrogens (tertiary/aromatic N) is 2. The highest BCUT2D eigenvalue weighted by atomic mass is 32.1. The van der Waals surface area contributed by atoms with Crippen LogP contribution in [0.1, 0.15) is 49.9 Å². The van der Waals surface area contributed by atoms with Crippen molar-refractivity contribution in [3.63, 3.8) is 0 Å². The quantitative estimate of drug-likeness (QED) is 0.791. The van der Waals surface area contributed by atoms with E-state index in [2.05, 4.69) is 20.6 Å². The summed E-state index contributed by atoms with van der Waals surface area (Å²) < 4.78 is 0.901. The van der Waals surface area contributed by atoms with Crippen LogP contribution in [0, 0.1) is 5.92 Å². The Balaban J connectivity index is 1.63. The van der Waals surface area contributed by atoms with Crippen molar-refractivity contribution < 1.29 is 9.90 Å². The summed E-state index contributed by atoms with van der Waals surface area (Å²) in [5, 5.41) is 17.0. The van der Waals surface area contributed by atoms with Crippen LogP contribution in [0.3, 0.4) is 0 Å². The number of carbonyl (C=O) groups excluding carboxylic acids is 1. The van der Waals surface area contributed by atoms with Gasteiger partial charge in [0.15, 0.2) is 10.8 Å². The molecule has 0 bridgehead atoms. The molecule has 0 aromatic carbocycles. The largest absolute Gasteiger partial charge is 0.390 e. The molecular formula is C17H24N4O2S. The number of carbonyl (C=O) groups is 1. The summed E-state index contributed by atoms with van der Waals surface area (Å²) in [6, 6.07) is 2.01. The van der Waals surface area contributed by atoms with Gasteiger partial charge in [-0.05, 0) is 51.5 Å². The second-order valence-corrected chi connectivity index (χ2v) is 8.02. The third-order valence-corrected chi connectivity index (χ3v) is 5.79. The lowest BCUT2D eigenvalue weighted by molar-refractivity contribution is -0.00257. The van der Waals surface area contributed by atoms with Crippen LogP contribution >= 0.6 is 11.3 Å². The molecule has 0 unspecified atom stereocenters. The molecule has 3 rings (SSSR count). The second-order valence-electron chi connectivity index (χ2n) is 6.99. The van der Waals surface area contributed by atoms with Crippen LogP contribution in [0.15, 0.2) is 12.3 Å². The molecule has 130 valence electrons. The minimum absolute atomic E-state index is 0.0875. The van der Waals surface area contributed by atoms with Crippen molar-refractivity contribution in [2.24, 2.45) is 5.92 Å². The van der Waals surface area contributed by atoms with Gasteiger partial charge in [-0.1, -0.05) is 11.3 Å². The van der Waals surface area contributed by atoms with E-state index in [-0.39, 0.29) is 11.9 Å². The molecule has 0 saturated heterocycles. The highest BCUT2D eigenvalue weighted by Crippen LogP contribution is 2.32.